The highest BCUT2D eigenvalue weighted by atomic mass is 79.9. The lowest BCUT2D eigenvalue weighted by Gasteiger charge is -2.09. The summed E-state index contributed by atoms with van der Waals surface area (Å²) in [6.07, 6.45) is 3.69. The van der Waals surface area contributed by atoms with Crippen molar-refractivity contribution in [2.24, 2.45) is 5.10 Å². The Kier molecular flexibility index (Phi) is 5.34. The number of rotatable bonds is 5. The minimum Gasteiger partial charge on any atom is -0.504 e. The van der Waals surface area contributed by atoms with Gasteiger partial charge in [-0.3, -0.25) is 5.43 Å². The van der Waals surface area contributed by atoms with Crippen LogP contribution in [0.1, 0.15) is 24.0 Å². The summed E-state index contributed by atoms with van der Waals surface area (Å²) in [5.41, 5.74) is 7.06. The molecule has 0 radical (unpaired) electrons. The summed E-state index contributed by atoms with van der Waals surface area (Å²) in [6, 6.07) is 9.24. The fourth-order valence-electron chi connectivity index (χ4n) is 2.30. The Morgan fingerprint density at radius 2 is 1.84 bits per heavy atom. The fourth-order valence-corrected chi connectivity index (χ4v) is 3.14. The molecule has 0 aliphatic heterocycles. The van der Waals surface area contributed by atoms with Gasteiger partial charge in [-0.25, -0.2) is 0 Å². The molecule has 0 aromatic heterocycles. The number of hydrogen-bond donors (Lipinski definition) is 3. The Labute approximate surface area is 162 Å². The van der Waals surface area contributed by atoms with E-state index in [0.717, 1.165) is 29.9 Å². The van der Waals surface area contributed by atoms with Crippen molar-refractivity contribution in [3.63, 3.8) is 0 Å². The van der Waals surface area contributed by atoms with Crippen molar-refractivity contribution in [1.82, 2.24) is 5.43 Å². The molecule has 1 saturated carbocycles. The van der Waals surface area contributed by atoms with Crippen LogP contribution in [0.15, 0.2) is 50.0 Å². The lowest BCUT2D eigenvalue weighted by molar-refractivity contribution is 0.401. The van der Waals surface area contributed by atoms with E-state index in [9.17, 15) is 10.2 Å². The van der Waals surface area contributed by atoms with Crippen LogP contribution in [0.25, 0.3) is 5.70 Å². The number of nitrogens with one attached hydrogen (secondary N) is 1. The predicted octanol–water partition coefficient (Wildman–Crippen LogP) is 4.76. The average molecular weight is 468 g/mol. The zero-order valence-electron chi connectivity index (χ0n) is 13.4. The van der Waals surface area contributed by atoms with Crippen molar-refractivity contribution in [3.05, 3.63) is 56.0 Å². The van der Waals surface area contributed by atoms with E-state index in [1.165, 1.54) is 11.6 Å². The summed E-state index contributed by atoms with van der Waals surface area (Å²) in [5, 5.41) is 23.7. The van der Waals surface area contributed by atoms with E-state index in [1.807, 2.05) is 24.3 Å². The van der Waals surface area contributed by atoms with Crippen molar-refractivity contribution in [2.75, 3.05) is 7.11 Å². The van der Waals surface area contributed by atoms with Crippen molar-refractivity contribution >= 4 is 43.8 Å². The number of methoxy groups -OCH3 is 1. The topological polar surface area (TPSA) is 74.1 Å². The minimum absolute atomic E-state index is 0.212. The van der Waals surface area contributed by atoms with Crippen molar-refractivity contribution in [3.8, 4) is 17.2 Å². The van der Waals surface area contributed by atoms with Gasteiger partial charge in [0.15, 0.2) is 11.5 Å². The highest BCUT2D eigenvalue weighted by Gasteiger charge is 2.19. The van der Waals surface area contributed by atoms with E-state index in [1.54, 1.807) is 13.3 Å². The summed E-state index contributed by atoms with van der Waals surface area (Å²) in [4.78, 5) is 0. The van der Waals surface area contributed by atoms with Crippen LogP contribution in [0, 0.1) is 0 Å². The van der Waals surface area contributed by atoms with E-state index in [-0.39, 0.29) is 11.5 Å². The molecule has 25 heavy (non-hydrogen) atoms. The lowest BCUT2D eigenvalue weighted by atomic mass is 10.1. The second-order valence-electron chi connectivity index (χ2n) is 5.54. The lowest BCUT2D eigenvalue weighted by Crippen LogP contribution is -2.05. The molecule has 3 N–H and O–H groups in total. The molecule has 5 nitrogen and oxygen atoms in total. The van der Waals surface area contributed by atoms with E-state index in [2.05, 4.69) is 42.4 Å². The molecule has 3 rings (SSSR count). The molecule has 0 saturated heterocycles. The largest absolute Gasteiger partial charge is 0.504 e. The minimum atomic E-state index is -0.215. The van der Waals surface area contributed by atoms with Gasteiger partial charge >= 0.3 is 0 Å². The van der Waals surface area contributed by atoms with Crippen molar-refractivity contribution < 1.29 is 14.9 Å². The van der Waals surface area contributed by atoms with Gasteiger partial charge < -0.3 is 14.9 Å². The molecular weight excluding hydrogens is 452 g/mol. The van der Waals surface area contributed by atoms with Crippen LogP contribution in [0.5, 0.6) is 17.2 Å². The third kappa shape index (κ3) is 3.99. The summed E-state index contributed by atoms with van der Waals surface area (Å²) < 4.78 is 6.18. The van der Waals surface area contributed by atoms with Crippen LogP contribution < -0.4 is 10.2 Å². The van der Waals surface area contributed by atoms with Gasteiger partial charge in [-0.2, -0.15) is 5.10 Å². The Morgan fingerprint density at radius 1 is 1.16 bits per heavy atom. The number of nitrogens with zero attached hydrogens (tertiary/aromatic N) is 1. The van der Waals surface area contributed by atoms with Gasteiger partial charge in [0.25, 0.3) is 0 Å². The van der Waals surface area contributed by atoms with E-state index in [4.69, 9.17) is 4.74 Å². The molecule has 0 amide bonds. The van der Waals surface area contributed by atoms with Gasteiger partial charge in [0, 0.05) is 10.0 Å². The maximum absolute atomic E-state index is 9.74. The normalized spacial score (nSPS) is 13.2. The molecule has 2 aromatic carbocycles. The maximum atomic E-state index is 9.74. The number of ether oxygens (including phenoxy) is 1. The second-order valence-corrected chi connectivity index (χ2v) is 7.12. The number of hydrogen-bond acceptors (Lipinski definition) is 5. The molecule has 0 atom stereocenters. The number of hydrazone groups is 1. The van der Waals surface area contributed by atoms with Crippen LogP contribution in [-0.4, -0.2) is 23.5 Å². The molecule has 0 heterocycles. The van der Waals surface area contributed by atoms with Crippen LogP contribution in [0.2, 0.25) is 0 Å². The molecule has 0 unspecified atom stereocenters. The molecule has 1 fully saturated rings. The van der Waals surface area contributed by atoms with Crippen LogP contribution in [0.3, 0.4) is 0 Å². The van der Waals surface area contributed by atoms with E-state index >= 15 is 0 Å². The third-order valence-electron chi connectivity index (χ3n) is 3.80. The number of benzene rings is 2. The van der Waals surface area contributed by atoms with Gasteiger partial charge in [-0.05, 0) is 86.2 Å². The zero-order valence-corrected chi connectivity index (χ0v) is 16.6. The van der Waals surface area contributed by atoms with Gasteiger partial charge in [-0.15, -0.1) is 0 Å². The Hall–Kier alpha value is -1.99. The molecule has 1 aliphatic carbocycles. The Morgan fingerprint density at radius 3 is 2.44 bits per heavy atom. The fraction of sp³-hybridized carbons (Fsp3) is 0.167. The first-order valence-electron chi connectivity index (χ1n) is 7.56. The summed E-state index contributed by atoms with van der Waals surface area (Å²) >= 11 is 6.60. The predicted molar refractivity (Wildman–Crippen MR) is 105 cm³/mol. The first-order chi connectivity index (χ1) is 12.0. The number of phenolic OH excluding ortho intramolecular Hbond substituents is 2. The summed E-state index contributed by atoms with van der Waals surface area (Å²) in [6.45, 7) is 0. The van der Waals surface area contributed by atoms with Gasteiger partial charge in [0.2, 0.25) is 0 Å². The molecule has 7 heteroatoms. The highest BCUT2D eigenvalue weighted by Crippen LogP contribution is 2.40. The number of allylic oxidation sites excluding steroid dienone is 1. The monoisotopic (exact) mass is 466 g/mol. The summed E-state index contributed by atoms with van der Waals surface area (Å²) in [7, 11) is 1.64. The SMILES string of the molecule is COc1ccc(C(N/N=C/c2cc(O)c(O)c(Br)c2Br)=C2CC2)cc1. The maximum Gasteiger partial charge on any atom is 0.173 e. The van der Waals surface area contributed by atoms with Crippen LogP contribution in [0.4, 0.5) is 0 Å². The number of halogens is 2. The van der Waals surface area contributed by atoms with Gasteiger partial charge in [0.1, 0.15) is 5.75 Å². The van der Waals surface area contributed by atoms with Crippen molar-refractivity contribution in [2.45, 2.75) is 12.8 Å². The van der Waals surface area contributed by atoms with Crippen molar-refractivity contribution in [1.29, 1.82) is 0 Å². The number of phenols is 2. The molecule has 0 spiro atoms. The first kappa shape index (κ1) is 17.8. The highest BCUT2D eigenvalue weighted by molar-refractivity contribution is 9.13. The quantitative estimate of drug-likeness (QED) is 0.336. The van der Waals surface area contributed by atoms with Gasteiger partial charge in [0.05, 0.1) is 23.5 Å². The van der Waals surface area contributed by atoms with E-state index in [0.29, 0.717) is 14.5 Å². The second kappa shape index (κ2) is 7.49. The van der Waals surface area contributed by atoms with Crippen LogP contribution >= 0.6 is 31.9 Å². The number of aromatic hydroxyl groups is 2. The zero-order chi connectivity index (χ0) is 18.0. The Bertz CT molecular complexity index is 856. The molecular formula is C18H16Br2N2O3. The Balaban J connectivity index is 1.81. The first-order valence-corrected chi connectivity index (χ1v) is 9.15. The molecule has 2 aromatic rings. The molecule has 0 bridgehead atoms. The van der Waals surface area contributed by atoms with E-state index < -0.39 is 0 Å². The summed E-state index contributed by atoms with van der Waals surface area (Å²) in [5.74, 6) is 0.379. The standard InChI is InChI=1S/C18H16Br2N2O3/c1-25-13-6-4-11(5-7-13)17(10-2-3-10)22-21-9-12-8-14(23)18(24)16(20)15(12)19/h4-9,22-24H,2-3H2,1H3/b21-9+. The smallest absolute Gasteiger partial charge is 0.173 e. The third-order valence-corrected chi connectivity index (χ3v) is 5.96. The van der Waals surface area contributed by atoms with Crippen LogP contribution in [-0.2, 0) is 0 Å². The molecule has 1 aliphatic rings. The van der Waals surface area contributed by atoms with Gasteiger partial charge in [-0.1, -0.05) is 0 Å². The average Bonchev–Trinajstić information content (AvgIpc) is 3.46. The molecule has 130 valence electrons.